The Kier molecular flexibility index (Phi) is 5.39. The van der Waals surface area contributed by atoms with E-state index in [9.17, 15) is 17.6 Å². The number of aryl methyl sites for hydroxylation is 2. The van der Waals surface area contributed by atoms with Crippen LogP contribution < -0.4 is 10.0 Å². The van der Waals surface area contributed by atoms with Gasteiger partial charge in [-0.15, -0.1) is 0 Å². The molecule has 10 heteroatoms. The number of benzene rings is 2. The summed E-state index contributed by atoms with van der Waals surface area (Å²) in [4.78, 5) is 12.2. The van der Waals surface area contributed by atoms with E-state index in [0.717, 1.165) is 12.1 Å². The first-order valence-electron chi connectivity index (χ1n) is 7.98. The lowest BCUT2D eigenvalue weighted by molar-refractivity contribution is 0.102. The van der Waals surface area contributed by atoms with Gasteiger partial charge in [0.05, 0.1) is 21.8 Å². The van der Waals surface area contributed by atoms with Crippen molar-refractivity contribution in [3.63, 3.8) is 0 Å². The molecule has 2 N–H and O–H groups in total. The molecule has 28 heavy (non-hydrogen) atoms. The van der Waals surface area contributed by atoms with Crippen molar-refractivity contribution >= 4 is 38.9 Å². The average Bonchev–Trinajstić information content (AvgIpc) is 3.03. The van der Waals surface area contributed by atoms with Crippen LogP contribution in [-0.2, 0) is 10.0 Å². The Hall–Kier alpha value is -2.91. The van der Waals surface area contributed by atoms with E-state index in [-0.39, 0.29) is 26.7 Å². The van der Waals surface area contributed by atoms with Gasteiger partial charge in [0.25, 0.3) is 15.9 Å². The predicted molar refractivity (Wildman–Crippen MR) is 103 cm³/mol. The quantitative estimate of drug-likeness (QED) is 0.642. The number of nitrogens with one attached hydrogen (secondary N) is 2. The minimum absolute atomic E-state index is 0.0604. The van der Waals surface area contributed by atoms with Gasteiger partial charge in [-0.1, -0.05) is 16.8 Å². The summed E-state index contributed by atoms with van der Waals surface area (Å²) in [6.07, 6.45) is 1.28. The number of sulfonamides is 1. The number of rotatable bonds is 5. The van der Waals surface area contributed by atoms with Gasteiger partial charge >= 0.3 is 0 Å². The van der Waals surface area contributed by atoms with Crippen molar-refractivity contribution in [1.82, 2.24) is 5.16 Å². The third kappa shape index (κ3) is 4.15. The van der Waals surface area contributed by atoms with Crippen LogP contribution in [0.1, 0.15) is 21.7 Å². The van der Waals surface area contributed by atoms with Gasteiger partial charge in [-0.25, -0.2) is 12.8 Å². The fraction of sp³-hybridized carbons (Fsp3) is 0.111. The molecule has 0 aliphatic rings. The molecule has 3 rings (SSSR count). The molecule has 0 bridgehead atoms. The highest BCUT2D eigenvalue weighted by Crippen LogP contribution is 2.29. The van der Waals surface area contributed by atoms with Crippen molar-refractivity contribution < 1.29 is 22.1 Å². The third-order valence-electron chi connectivity index (χ3n) is 3.89. The molecule has 3 aromatic rings. The van der Waals surface area contributed by atoms with Crippen LogP contribution in [0.3, 0.4) is 0 Å². The second-order valence-corrected chi connectivity index (χ2v) is 8.02. The van der Waals surface area contributed by atoms with Crippen molar-refractivity contribution in [2.24, 2.45) is 0 Å². The summed E-state index contributed by atoms with van der Waals surface area (Å²) >= 11 is 6.09. The number of carbonyl (C=O) groups is 1. The zero-order valence-corrected chi connectivity index (χ0v) is 16.4. The first-order chi connectivity index (χ1) is 13.2. The number of nitrogens with zero attached hydrogens (tertiary/aromatic N) is 1. The van der Waals surface area contributed by atoms with Gasteiger partial charge in [0.15, 0.2) is 0 Å². The second kappa shape index (κ2) is 7.61. The van der Waals surface area contributed by atoms with Gasteiger partial charge in [-0.3, -0.25) is 9.52 Å². The molecule has 0 radical (unpaired) electrons. The number of hydrogen-bond donors (Lipinski definition) is 2. The van der Waals surface area contributed by atoms with Crippen LogP contribution in [0, 0.1) is 19.7 Å². The lowest BCUT2D eigenvalue weighted by Gasteiger charge is -2.13. The molecule has 0 saturated carbocycles. The molecule has 0 aliphatic carbocycles. The summed E-state index contributed by atoms with van der Waals surface area (Å²) in [5, 5.41) is 6.28. The lowest BCUT2D eigenvalue weighted by atomic mass is 10.2. The van der Waals surface area contributed by atoms with Gasteiger partial charge in [0.1, 0.15) is 17.1 Å². The van der Waals surface area contributed by atoms with E-state index in [4.69, 9.17) is 16.1 Å². The van der Waals surface area contributed by atoms with E-state index >= 15 is 0 Å². The summed E-state index contributed by atoms with van der Waals surface area (Å²) in [5.74, 6) is -0.661. The fourth-order valence-electron chi connectivity index (χ4n) is 2.51. The fourth-order valence-corrected chi connectivity index (χ4v) is 4.03. The van der Waals surface area contributed by atoms with E-state index in [1.807, 2.05) is 0 Å². The van der Waals surface area contributed by atoms with Crippen LogP contribution in [0.5, 0.6) is 0 Å². The maximum atomic E-state index is 13.3. The van der Waals surface area contributed by atoms with Crippen LogP contribution in [0.2, 0.25) is 5.02 Å². The minimum Gasteiger partial charge on any atom is -0.361 e. The van der Waals surface area contributed by atoms with Gasteiger partial charge < -0.3 is 9.84 Å². The number of amides is 1. The molecule has 0 unspecified atom stereocenters. The van der Waals surface area contributed by atoms with Crippen molar-refractivity contribution in [2.45, 2.75) is 18.7 Å². The van der Waals surface area contributed by atoms with Crippen molar-refractivity contribution in [3.05, 3.63) is 70.3 Å². The SMILES string of the molecule is Cc1cc(F)ccc1S(=O)(=O)Nc1cc(NC(=O)c2cnoc2C)ccc1Cl. The second-order valence-electron chi connectivity index (χ2n) is 5.96. The zero-order valence-electron chi connectivity index (χ0n) is 14.8. The van der Waals surface area contributed by atoms with E-state index in [1.54, 1.807) is 6.92 Å². The molecule has 0 spiro atoms. The highest BCUT2D eigenvalue weighted by Gasteiger charge is 2.20. The Bertz CT molecular complexity index is 1160. The molecular formula is C18H15ClFN3O4S. The first-order valence-corrected chi connectivity index (χ1v) is 9.84. The smallest absolute Gasteiger partial charge is 0.262 e. The lowest BCUT2D eigenvalue weighted by Crippen LogP contribution is -2.16. The highest BCUT2D eigenvalue weighted by molar-refractivity contribution is 7.92. The summed E-state index contributed by atoms with van der Waals surface area (Å²) in [6, 6.07) is 7.67. The van der Waals surface area contributed by atoms with Gasteiger partial charge in [-0.05, 0) is 55.8 Å². The molecule has 7 nitrogen and oxygen atoms in total. The van der Waals surface area contributed by atoms with Gasteiger partial charge in [0.2, 0.25) is 0 Å². The van der Waals surface area contributed by atoms with Gasteiger partial charge in [0, 0.05) is 5.69 Å². The molecule has 1 heterocycles. The van der Waals surface area contributed by atoms with Crippen molar-refractivity contribution in [1.29, 1.82) is 0 Å². The Morgan fingerprint density at radius 2 is 1.93 bits per heavy atom. The topological polar surface area (TPSA) is 101 Å². The highest BCUT2D eigenvalue weighted by atomic mass is 35.5. The minimum atomic E-state index is -4.02. The zero-order chi connectivity index (χ0) is 20.5. The van der Waals surface area contributed by atoms with Gasteiger partial charge in [-0.2, -0.15) is 0 Å². The molecular weight excluding hydrogens is 409 g/mol. The number of halogens is 2. The molecule has 0 fully saturated rings. The number of hydrogen-bond acceptors (Lipinski definition) is 5. The molecule has 2 aromatic carbocycles. The van der Waals surface area contributed by atoms with E-state index in [1.165, 1.54) is 37.4 Å². The normalized spacial score (nSPS) is 11.3. The average molecular weight is 424 g/mol. The van der Waals surface area contributed by atoms with E-state index in [0.29, 0.717) is 11.4 Å². The largest absolute Gasteiger partial charge is 0.361 e. The Labute approximate surface area is 165 Å². The van der Waals surface area contributed by atoms with Crippen LogP contribution in [0.25, 0.3) is 0 Å². The first kappa shape index (κ1) is 19.8. The summed E-state index contributed by atoms with van der Waals surface area (Å²) in [6.45, 7) is 3.07. The maximum Gasteiger partial charge on any atom is 0.262 e. The van der Waals surface area contributed by atoms with Crippen LogP contribution in [0.4, 0.5) is 15.8 Å². The monoisotopic (exact) mass is 423 g/mol. The third-order valence-corrected chi connectivity index (χ3v) is 5.75. The Morgan fingerprint density at radius 3 is 2.57 bits per heavy atom. The van der Waals surface area contributed by atoms with Crippen molar-refractivity contribution in [2.75, 3.05) is 10.0 Å². The number of anilines is 2. The number of carbonyl (C=O) groups excluding carboxylic acids is 1. The molecule has 1 aromatic heterocycles. The Balaban J connectivity index is 1.87. The molecule has 1 amide bonds. The molecule has 0 saturated heterocycles. The van der Waals surface area contributed by atoms with E-state index in [2.05, 4.69) is 15.2 Å². The summed E-state index contributed by atoms with van der Waals surface area (Å²) in [5.41, 5.74) is 0.865. The summed E-state index contributed by atoms with van der Waals surface area (Å²) < 4.78 is 45.8. The maximum absolute atomic E-state index is 13.3. The number of aromatic nitrogens is 1. The standard InChI is InChI=1S/C18H15ClFN3O4S/c1-10-7-12(20)3-6-17(10)28(25,26)23-16-8-13(4-5-15(16)19)22-18(24)14-9-21-27-11(14)2/h3-9,23H,1-2H3,(H,22,24). The molecule has 146 valence electrons. The predicted octanol–water partition coefficient (Wildman–Crippen LogP) is 4.14. The van der Waals surface area contributed by atoms with Crippen LogP contribution >= 0.6 is 11.6 Å². The van der Waals surface area contributed by atoms with Crippen molar-refractivity contribution in [3.8, 4) is 0 Å². The summed E-state index contributed by atoms with van der Waals surface area (Å²) in [7, 11) is -4.02. The van der Waals surface area contributed by atoms with E-state index < -0.39 is 21.7 Å². The Morgan fingerprint density at radius 1 is 1.18 bits per heavy atom. The molecule has 0 aliphatic heterocycles. The van der Waals surface area contributed by atoms with Crippen LogP contribution in [-0.4, -0.2) is 19.5 Å². The van der Waals surface area contributed by atoms with Crippen LogP contribution in [0.15, 0.2) is 52.0 Å². The molecule has 0 atom stereocenters.